The van der Waals surface area contributed by atoms with Gasteiger partial charge in [0.25, 0.3) is 0 Å². The summed E-state index contributed by atoms with van der Waals surface area (Å²) >= 11 is 3.49. The molecule has 144 valence electrons. The zero-order valence-electron chi connectivity index (χ0n) is 15.8. The van der Waals surface area contributed by atoms with Gasteiger partial charge in [-0.25, -0.2) is 0 Å². The second-order valence-electron chi connectivity index (χ2n) is 7.45. The van der Waals surface area contributed by atoms with Gasteiger partial charge in [0.05, 0.1) is 9.75 Å². The Morgan fingerprint density at radius 3 is 1.41 bits per heavy atom. The van der Waals surface area contributed by atoms with Crippen molar-refractivity contribution in [1.29, 1.82) is 0 Å². The number of quaternary nitrogens is 1. The van der Waals surface area contributed by atoms with E-state index in [9.17, 15) is 4.79 Å². The molecule has 1 fully saturated rings. The van der Waals surface area contributed by atoms with Crippen molar-refractivity contribution in [2.24, 2.45) is 0 Å². The van der Waals surface area contributed by atoms with Crippen molar-refractivity contribution in [1.82, 2.24) is 0 Å². The van der Waals surface area contributed by atoms with Gasteiger partial charge in [0.2, 0.25) is 0 Å². The van der Waals surface area contributed by atoms with Crippen molar-refractivity contribution in [3.8, 4) is 0 Å². The molecule has 0 aliphatic carbocycles. The van der Waals surface area contributed by atoms with E-state index in [0.29, 0.717) is 5.78 Å². The second kappa shape index (κ2) is 8.07. The van der Waals surface area contributed by atoms with Crippen LogP contribution in [-0.2, 0) is 4.79 Å². The van der Waals surface area contributed by atoms with Crippen LogP contribution in [0.25, 0.3) is 0 Å². The molecule has 4 heteroatoms. The van der Waals surface area contributed by atoms with E-state index in [1.54, 1.807) is 22.7 Å². The van der Waals surface area contributed by atoms with Crippen molar-refractivity contribution in [2.45, 2.75) is 23.9 Å². The summed E-state index contributed by atoms with van der Waals surface area (Å²) in [4.78, 5) is 16.7. The minimum Gasteiger partial charge on any atom is -0.331 e. The predicted octanol–water partition coefficient (Wildman–Crippen LogP) is 5.31. The number of rotatable bonds is 4. The van der Waals surface area contributed by atoms with Crippen LogP contribution in [0.3, 0.4) is 0 Å². The molecule has 3 heterocycles. The fourth-order valence-electron chi connectivity index (χ4n) is 4.54. The number of hydrogen-bond acceptors (Lipinski definition) is 3. The highest BCUT2D eigenvalue weighted by Gasteiger charge is 2.49. The number of thiophene rings is 2. The molecule has 0 saturated carbocycles. The summed E-state index contributed by atoms with van der Waals surface area (Å²) in [5, 5.41) is 6.66. The van der Waals surface area contributed by atoms with Crippen molar-refractivity contribution < 1.29 is 10.1 Å². The molecule has 1 aliphatic rings. The third kappa shape index (κ3) is 3.48. The van der Waals surface area contributed by atoms with Crippen LogP contribution in [0.15, 0.2) is 95.7 Å². The largest absolute Gasteiger partial charge is 0.331 e. The van der Waals surface area contributed by atoms with Gasteiger partial charge in [-0.1, -0.05) is 72.8 Å². The molecule has 0 bridgehead atoms. The molecule has 2 N–H and O–H groups in total. The Balaban J connectivity index is 1.66. The minimum atomic E-state index is -0.156. The number of carbonyl (C=O) groups is 1. The molecule has 4 atom stereocenters. The molecule has 1 aliphatic heterocycles. The molecule has 1 saturated heterocycles. The molecule has 29 heavy (non-hydrogen) atoms. The summed E-state index contributed by atoms with van der Waals surface area (Å²) in [5.41, 5.74) is 2.22. The molecule has 2 aromatic heterocycles. The topological polar surface area (TPSA) is 33.7 Å². The van der Waals surface area contributed by atoms with E-state index in [2.05, 4.69) is 64.6 Å². The Kier molecular flexibility index (Phi) is 5.15. The number of benzene rings is 2. The van der Waals surface area contributed by atoms with Crippen LogP contribution in [0.2, 0.25) is 0 Å². The number of Topliss-reactive ketones (excluding diaryl/α,β-unsaturated/α-hetero) is 1. The Morgan fingerprint density at radius 2 is 1.03 bits per heavy atom. The van der Waals surface area contributed by atoms with Crippen molar-refractivity contribution in [3.63, 3.8) is 0 Å². The highest BCUT2D eigenvalue weighted by atomic mass is 32.1. The summed E-state index contributed by atoms with van der Waals surface area (Å²) < 4.78 is 0. The van der Waals surface area contributed by atoms with Crippen LogP contribution in [0.1, 0.15) is 44.8 Å². The monoisotopic (exact) mass is 416 g/mol. The van der Waals surface area contributed by atoms with E-state index in [1.807, 2.05) is 36.4 Å². The average molecular weight is 417 g/mol. The highest BCUT2D eigenvalue weighted by Crippen LogP contribution is 2.44. The van der Waals surface area contributed by atoms with Crippen LogP contribution in [0.4, 0.5) is 0 Å². The van der Waals surface area contributed by atoms with Gasteiger partial charge >= 0.3 is 0 Å². The van der Waals surface area contributed by atoms with E-state index < -0.39 is 0 Å². The molecule has 2 aromatic carbocycles. The quantitative estimate of drug-likeness (QED) is 0.481. The third-order valence-electron chi connectivity index (χ3n) is 5.81. The second-order valence-corrected chi connectivity index (χ2v) is 9.41. The fraction of sp³-hybridized carbons (Fsp3) is 0.160. The molecule has 2 nitrogen and oxygen atoms in total. The van der Waals surface area contributed by atoms with Gasteiger partial charge in [0, 0.05) is 0 Å². The molecule has 0 amide bonds. The van der Waals surface area contributed by atoms with E-state index in [0.717, 1.165) is 11.1 Å². The van der Waals surface area contributed by atoms with Gasteiger partial charge in [-0.05, 0) is 34.0 Å². The minimum absolute atomic E-state index is 0.0944. The van der Waals surface area contributed by atoms with Gasteiger partial charge < -0.3 is 5.32 Å². The van der Waals surface area contributed by atoms with Gasteiger partial charge in [-0.2, -0.15) is 0 Å². The zero-order valence-corrected chi connectivity index (χ0v) is 17.5. The van der Waals surface area contributed by atoms with Gasteiger partial charge in [0.1, 0.15) is 23.9 Å². The summed E-state index contributed by atoms with van der Waals surface area (Å²) in [6.45, 7) is 0. The van der Waals surface area contributed by atoms with E-state index >= 15 is 0 Å². The van der Waals surface area contributed by atoms with Crippen LogP contribution in [0, 0.1) is 0 Å². The van der Waals surface area contributed by atoms with Crippen LogP contribution in [-0.4, -0.2) is 5.78 Å². The highest BCUT2D eigenvalue weighted by molar-refractivity contribution is 7.10. The van der Waals surface area contributed by atoms with Crippen LogP contribution < -0.4 is 5.32 Å². The molecule has 0 radical (unpaired) electrons. The first-order valence-electron chi connectivity index (χ1n) is 9.88. The first-order chi connectivity index (χ1) is 14.3. The lowest BCUT2D eigenvalue weighted by Crippen LogP contribution is -2.90. The fourth-order valence-corrected chi connectivity index (χ4v) is 6.22. The third-order valence-corrected chi connectivity index (χ3v) is 7.75. The number of hydrogen-bond donors (Lipinski definition) is 1. The maximum Gasteiger partial charge on any atom is 0.160 e. The average Bonchev–Trinajstić information content (AvgIpc) is 3.49. The maximum atomic E-state index is 14.1. The van der Waals surface area contributed by atoms with Crippen molar-refractivity contribution in [2.75, 3.05) is 0 Å². The van der Waals surface area contributed by atoms with Crippen LogP contribution >= 0.6 is 22.7 Å². The molecule has 4 aromatic rings. The number of piperidine rings is 1. The molecule has 0 spiro atoms. The summed E-state index contributed by atoms with van der Waals surface area (Å²) in [7, 11) is 0. The number of nitrogens with two attached hydrogens (primary N) is 1. The Labute approximate surface area is 178 Å². The van der Waals surface area contributed by atoms with Gasteiger partial charge in [-0.15, -0.1) is 22.7 Å². The Hall–Kier alpha value is -2.53. The molecule has 5 rings (SSSR count). The normalized spacial score (nSPS) is 24.5. The summed E-state index contributed by atoms with van der Waals surface area (Å²) in [5.74, 6) is 0.00855. The smallest absolute Gasteiger partial charge is 0.160 e. The van der Waals surface area contributed by atoms with Gasteiger partial charge in [0.15, 0.2) is 5.78 Å². The number of ketones is 1. The molecule has 0 unspecified atom stereocenters. The lowest BCUT2D eigenvalue weighted by Gasteiger charge is -2.38. The van der Waals surface area contributed by atoms with Crippen LogP contribution in [0.5, 0.6) is 0 Å². The Bertz CT molecular complexity index is 973. The summed E-state index contributed by atoms with van der Waals surface area (Å²) in [6.07, 6.45) is 0. The van der Waals surface area contributed by atoms with E-state index in [-0.39, 0.29) is 23.9 Å². The Morgan fingerprint density at radius 1 is 0.586 bits per heavy atom. The lowest BCUT2D eigenvalue weighted by molar-refractivity contribution is -0.740. The van der Waals surface area contributed by atoms with Crippen molar-refractivity contribution >= 4 is 28.5 Å². The molecular weight excluding hydrogens is 394 g/mol. The first kappa shape index (κ1) is 18.5. The van der Waals surface area contributed by atoms with E-state index in [4.69, 9.17) is 0 Å². The maximum absolute atomic E-state index is 14.1. The van der Waals surface area contributed by atoms with E-state index in [1.165, 1.54) is 9.75 Å². The zero-order chi connectivity index (χ0) is 19.6. The lowest BCUT2D eigenvalue weighted by atomic mass is 9.72. The predicted molar refractivity (Wildman–Crippen MR) is 119 cm³/mol. The molecular formula is C25H22NOS2+. The standard InChI is InChI=1S/C25H21NOS2/c27-25-21(17-9-3-1-4-10-17)23(19-13-7-15-28-19)26-24(20-14-8-16-29-20)22(25)18-11-5-2-6-12-18/h1-16,21-24,26H/p+1/t21-,22-,23-,24-/m1/s1. The number of carbonyl (C=O) groups excluding carboxylic acids is 1. The summed E-state index contributed by atoms with van der Waals surface area (Å²) in [6, 6.07) is 29.3. The first-order valence-corrected chi connectivity index (χ1v) is 11.6. The van der Waals surface area contributed by atoms with Crippen molar-refractivity contribution in [3.05, 3.63) is 117 Å². The van der Waals surface area contributed by atoms with Gasteiger partial charge in [-0.3, -0.25) is 4.79 Å². The SMILES string of the molecule is O=C1[C@H](c2ccccc2)[C@@H](c2cccs2)[NH2+][C@H](c2cccs2)[C@H]1c1ccccc1.